The Morgan fingerprint density at radius 2 is 2.22 bits per heavy atom. The van der Waals surface area contributed by atoms with E-state index in [4.69, 9.17) is 4.42 Å². The number of rotatable bonds is 4. The first kappa shape index (κ1) is 13.2. The first-order valence-electron chi connectivity index (χ1n) is 5.69. The Labute approximate surface area is 114 Å². The van der Waals surface area contributed by atoms with Gasteiger partial charge in [-0.3, -0.25) is 0 Å². The molecule has 1 aromatic carbocycles. The summed E-state index contributed by atoms with van der Waals surface area (Å²) in [6.45, 7) is 4.79. The molecule has 0 saturated heterocycles. The zero-order valence-electron chi connectivity index (χ0n) is 10.2. The Kier molecular flexibility index (Phi) is 4.14. The third-order valence-corrected chi connectivity index (χ3v) is 3.02. The van der Waals surface area contributed by atoms with Crippen molar-refractivity contribution in [3.8, 4) is 11.5 Å². The van der Waals surface area contributed by atoms with E-state index in [9.17, 15) is 4.39 Å². The van der Waals surface area contributed by atoms with Gasteiger partial charge < -0.3 is 9.73 Å². The summed E-state index contributed by atoms with van der Waals surface area (Å²) in [4.78, 5) is 4.35. The van der Waals surface area contributed by atoms with Crippen LogP contribution in [-0.2, 0) is 6.54 Å². The van der Waals surface area contributed by atoms with Crippen LogP contribution < -0.4 is 5.32 Å². The van der Waals surface area contributed by atoms with Crippen molar-refractivity contribution in [2.24, 2.45) is 0 Å². The lowest BCUT2D eigenvalue weighted by Gasteiger charge is -2.04. The van der Waals surface area contributed by atoms with Gasteiger partial charge in [0.25, 0.3) is 0 Å². The molecule has 1 aromatic heterocycles. The highest BCUT2D eigenvalue weighted by atomic mass is 79.9. The summed E-state index contributed by atoms with van der Waals surface area (Å²) in [5, 5.41) is 3.26. The number of nitrogens with one attached hydrogen (secondary N) is 1. The van der Waals surface area contributed by atoms with Gasteiger partial charge >= 0.3 is 0 Å². The van der Waals surface area contributed by atoms with Crippen molar-refractivity contribution in [2.45, 2.75) is 26.4 Å². The van der Waals surface area contributed by atoms with Crippen LogP contribution in [0.15, 0.2) is 33.4 Å². The topological polar surface area (TPSA) is 38.1 Å². The second-order valence-corrected chi connectivity index (χ2v) is 5.16. The molecule has 0 bridgehead atoms. The van der Waals surface area contributed by atoms with Crippen molar-refractivity contribution in [3.63, 3.8) is 0 Å². The van der Waals surface area contributed by atoms with Crippen LogP contribution in [0.25, 0.3) is 11.5 Å². The van der Waals surface area contributed by atoms with Crippen LogP contribution in [0.4, 0.5) is 4.39 Å². The first-order valence-corrected chi connectivity index (χ1v) is 6.49. The second-order valence-electron chi connectivity index (χ2n) is 4.31. The summed E-state index contributed by atoms with van der Waals surface area (Å²) < 4.78 is 18.9. The first-order chi connectivity index (χ1) is 8.56. The molecule has 96 valence electrons. The molecule has 0 spiro atoms. The molecule has 2 aromatic rings. The number of halogens is 2. The van der Waals surface area contributed by atoms with E-state index >= 15 is 0 Å². The number of hydrogen-bond acceptors (Lipinski definition) is 3. The van der Waals surface area contributed by atoms with E-state index in [2.05, 4.69) is 40.1 Å². The Balaban J connectivity index is 2.16. The van der Waals surface area contributed by atoms with Crippen LogP contribution in [0.2, 0.25) is 0 Å². The Hall–Kier alpha value is -1.20. The predicted octanol–water partition coefficient (Wildman–Crippen LogP) is 3.74. The van der Waals surface area contributed by atoms with Gasteiger partial charge in [0.05, 0.1) is 10.2 Å². The van der Waals surface area contributed by atoms with Gasteiger partial charge in [-0.25, -0.2) is 9.37 Å². The second kappa shape index (κ2) is 5.63. The summed E-state index contributed by atoms with van der Waals surface area (Å²) in [6.07, 6.45) is 1.61. The van der Waals surface area contributed by atoms with Crippen molar-refractivity contribution in [1.82, 2.24) is 10.3 Å². The van der Waals surface area contributed by atoms with Crippen LogP contribution >= 0.6 is 15.9 Å². The molecule has 1 N–H and O–H groups in total. The monoisotopic (exact) mass is 312 g/mol. The highest BCUT2D eigenvalue weighted by molar-refractivity contribution is 9.10. The fraction of sp³-hybridized carbons (Fsp3) is 0.308. The van der Waals surface area contributed by atoms with E-state index in [1.54, 1.807) is 18.4 Å². The standard InChI is InChI=1S/C13H14BrFN2O/c1-8(2)16-6-10-7-18-13(17-10)9-3-4-12(15)11(14)5-9/h3-5,7-8,16H,6H2,1-2H3. The van der Waals surface area contributed by atoms with Crippen molar-refractivity contribution < 1.29 is 8.81 Å². The molecule has 2 rings (SSSR count). The smallest absolute Gasteiger partial charge is 0.226 e. The maximum atomic E-state index is 13.1. The molecule has 0 amide bonds. The molecule has 0 unspecified atom stereocenters. The Morgan fingerprint density at radius 3 is 2.89 bits per heavy atom. The highest BCUT2D eigenvalue weighted by Crippen LogP contribution is 2.24. The van der Waals surface area contributed by atoms with Gasteiger partial charge in [0.15, 0.2) is 0 Å². The Morgan fingerprint density at radius 1 is 1.44 bits per heavy atom. The summed E-state index contributed by atoms with van der Waals surface area (Å²) in [5.41, 5.74) is 1.58. The predicted molar refractivity (Wildman–Crippen MR) is 71.6 cm³/mol. The van der Waals surface area contributed by atoms with E-state index in [1.807, 2.05) is 0 Å². The SMILES string of the molecule is CC(C)NCc1coc(-c2ccc(F)c(Br)c2)n1. The van der Waals surface area contributed by atoms with Gasteiger partial charge in [-0.1, -0.05) is 13.8 Å². The minimum absolute atomic E-state index is 0.299. The minimum Gasteiger partial charge on any atom is -0.444 e. The average Bonchev–Trinajstić information content (AvgIpc) is 2.79. The molecule has 0 fully saturated rings. The molecule has 18 heavy (non-hydrogen) atoms. The fourth-order valence-corrected chi connectivity index (χ4v) is 1.84. The fourth-order valence-electron chi connectivity index (χ4n) is 1.46. The van der Waals surface area contributed by atoms with Gasteiger partial charge in [0.1, 0.15) is 12.1 Å². The van der Waals surface area contributed by atoms with E-state index in [0.717, 1.165) is 11.3 Å². The summed E-state index contributed by atoms with van der Waals surface area (Å²) in [7, 11) is 0. The zero-order chi connectivity index (χ0) is 13.1. The zero-order valence-corrected chi connectivity index (χ0v) is 11.8. The van der Waals surface area contributed by atoms with Crippen LogP contribution in [0.5, 0.6) is 0 Å². The summed E-state index contributed by atoms with van der Waals surface area (Å²) in [6, 6.07) is 5.08. The number of hydrogen-bond donors (Lipinski definition) is 1. The lowest BCUT2D eigenvalue weighted by Crippen LogP contribution is -2.21. The largest absolute Gasteiger partial charge is 0.444 e. The number of aromatic nitrogens is 1. The van der Waals surface area contributed by atoms with Crippen LogP contribution in [0.1, 0.15) is 19.5 Å². The van der Waals surface area contributed by atoms with E-state index in [-0.39, 0.29) is 5.82 Å². The van der Waals surface area contributed by atoms with E-state index < -0.39 is 0 Å². The average molecular weight is 313 g/mol. The molecule has 0 aliphatic rings. The van der Waals surface area contributed by atoms with E-state index in [0.29, 0.717) is 23.0 Å². The van der Waals surface area contributed by atoms with Crippen molar-refractivity contribution in [3.05, 3.63) is 40.4 Å². The lowest BCUT2D eigenvalue weighted by atomic mass is 10.2. The molecule has 1 heterocycles. The molecular formula is C13H14BrFN2O. The summed E-state index contributed by atoms with van der Waals surface area (Å²) >= 11 is 3.14. The molecule has 3 nitrogen and oxygen atoms in total. The normalized spacial score (nSPS) is 11.2. The third kappa shape index (κ3) is 3.17. The van der Waals surface area contributed by atoms with Gasteiger partial charge in [-0.15, -0.1) is 0 Å². The van der Waals surface area contributed by atoms with Crippen molar-refractivity contribution in [1.29, 1.82) is 0 Å². The van der Waals surface area contributed by atoms with Gasteiger partial charge in [-0.05, 0) is 34.1 Å². The minimum atomic E-state index is -0.299. The molecule has 0 radical (unpaired) electrons. The molecule has 0 saturated carbocycles. The lowest BCUT2D eigenvalue weighted by molar-refractivity contribution is 0.559. The number of oxazole rings is 1. The molecule has 5 heteroatoms. The summed E-state index contributed by atoms with van der Waals surface area (Å²) in [5.74, 6) is 0.197. The van der Waals surface area contributed by atoms with Gasteiger partial charge in [-0.2, -0.15) is 0 Å². The van der Waals surface area contributed by atoms with Gasteiger partial charge in [0.2, 0.25) is 5.89 Å². The number of nitrogens with zero attached hydrogens (tertiary/aromatic N) is 1. The maximum absolute atomic E-state index is 13.1. The van der Waals surface area contributed by atoms with Crippen LogP contribution in [-0.4, -0.2) is 11.0 Å². The van der Waals surface area contributed by atoms with Crippen molar-refractivity contribution in [2.75, 3.05) is 0 Å². The molecule has 0 aliphatic heterocycles. The molecular weight excluding hydrogens is 299 g/mol. The maximum Gasteiger partial charge on any atom is 0.226 e. The number of benzene rings is 1. The molecule has 0 aliphatic carbocycles. The van der Waals surface area contributed by atoms with Crippen LogP contribution in [0, 0.1) is 5.82 Å². The Bertz CT molecular complexity index is 540. The highest BCUT2D eigenvalue weighted by Gasteiger charge is 2.09. The quantitative estimate of drug-likeness (QED) is 0.934. The third-order valence-electron chi connectivity index (χ3n) is 2.41. The van der Waals surface area contributed by atoms with Crippen molar-refractivity contribution >= 4 is 15.9 Å². The molecule has 0 atom stereocenters. The van der Waals surface area contributed by atoms with Gasteiger partial charge in [0, 0.05) is 18.2 Å². The van der Waals surface area contributed by atoms with E-state index in [1.165, 1.54) is 6.07 Å². The van der Waals surface area contributed by atoms with Crippen LogP contribution in [0.3, 0.4) is 0 Å².